The van der Waals surface area contributed by atoms with Gasteiger partial charge in [0, 0.05) is 25.5 Å². The van der Waals surface area contributed by atoms with Gasteiger partial charge in [-0.1, -0.05) is 12.1 Å². The van der Waals surface area contributed by atoms with Crippen LogP contribution in [0.2, 0.25) is 0 Å². The van der Waals surface area contributed by atoms with Gasteiger partial charge in [0.15, 0.2) is 17.6 Å². The van der Waals surface area contributed by atoms with Gasteiger partial charge in [-0.05, 0) is 12.1 Å². The molecule has 1 aliphatic rings. The minimum absolute atomic E-state index is 0.186. The van der Waals surface area contributed by atoms with Crippen LogP contribution < -0.4 is 20.1 Å². The van der Waals surface area contributed by atoms with Crippen molar-refractivity contribution in [3.63, 3.8) is 0 Å². The Hall–Kier alpha value is -2.70. The van der Waals surface area contributed by atoms with Crippen molar-refractivity contribution in [3.05, 3.63) is 43.0 Å². The number of ether oxygens (including phenoxy) is 2. The van der Waals surface area contributed by atoms with Gasteiger partial charge in [0.2, 0.25) is 0 Å². The maximum absolute atomic E-state index is 11.7. The first-order chi connectivity index (χ1) is 10.8. The number of carbonyl (C=O) groups is 1. The second-order valence-electron chi connectivity index (χ2n) is 4.93. The SMILES string of the molecule is O=C(NCCn1ccnc1)NC[C@H]1COc2ccccc2O1. The van der Waals surface area contributed by atoms with Gasteiger partial charge >= 0.3 is 6.03 Å². The number of hydrogen-bond acceptors (Lipinski definition) is 4. The zero-order valence-electron chi connectivity index (χ0n) is 12.1. The predicted octanol–water partition coefficient (Wildman–Crippen LogP) is 1.02. The molecule has 0 saturated heterocycles. The Kier molecular flexibility index (Phi) is 4.43. The fourth-order valence-corrected chi connectivity index (χ4v) is 2.15. The summed E-state index contributed by atoms with van der Waals surface area (Å²) in [5, 5.41) is 5.57. The summed E-state index contributed by atoms with van der Waals surface area (Å²) in [7, 11) is 0. The van der Waals surface area contributed by atoms with E-state index in [1.165, 1.54) is 0 Å². The molecule has 2 aromatic rings. The van der Waals surface area contributed by atoms with E-state index in [-0.39, 0.29) is 12.1 Å². The molecule has 3 rings (SSSR count). The van der Waals surface area contributed by atoms with Crippen molar-refractivity contribution in [3.8, 4) is 11.5 Å². The molecule has 2 heterocycles. The van der Waals surface area contributed by atoms with Crippen LogP contribution in [-0.2, 0) is 6.54 Å². The molecule has 1 aliphatic heterocycles. The first kappa shape index (κ1) is 14.2. The minimum atomic E-state index is -0.220. The van der Waals surface area contributed by atoms with Crippen molar-refractivity contribution in [2.75, 3.05) is 19.7 Å². The lowest BCUT2D eigenvalue weighted by Gasteiger charge is -2.26. The molecule has 0 unspecified atom stereocenters. The highest BCUT2D eigenvalue weighted by molar-refractivity contribution is 5.73. The molecule has 7 nitrogen and oxygen atoms in total. The van der Waals surface area contributed by atoms with Crippen LogP contribution in [0.5, 0.6) is 11.5 Å². The molecule has 22 heavy (non-hydrogen) atoms. The van der Waals surface area contributed by atoms with Gasteiger partial charge in [0.25, 0.3) is 0 Å². The molecule has 116 valence electrons. The van der Waals surface area contributed by atoms with E-state index in [1.54, 1.807) is 12.5 Å². The lowest BCUT2D eigenvalue weighted by Crippen LogP contribution is -2.45. The van der Waals surface area contributed by atoms with Crippen LogP contribution in [0.4, 0.5) is 4.79 Å². The van der Waals surface area contributed by atoms with Crippen LogP contribution >= 0.6 is 0 Å². The van der Waals surface area contributed by atoms with Crippen LogP contribution in [0.3, 0.4) is 0 Å². The Morgan fingerprint density at radius 2 is 2.18 bits per heavy atom. The second kappa shape index (κ2) is 6.84. The molecule has 0 spiro atoms. The smallest absolute Gasteiger partial charge is 0.314 e. The standard InChI is InChI=1S/C15H18N4O3/c20-15(17-6-8-19-7-5-16-11-19)18-9-12-10-21-13-3-1-2-4-14(13)22-12/h1-5,7,11-12H,6,8-10H2,(H2,17,18,20)/t12-/m0/s1. The summed E-state index contributed by atoms with van der Waals surface area (Å²) in [5.74, 6) is 1.45. The van der Waals surface area contributed by atoms with Crippen LogP contribution in [0.1, 0.15) is 0 Å². The van der Waals surface area contributed by atoms with E-state index in [0.717, 1.165) is 5.75 Å². The quantitative estimate of drug-likeness (QED) is 0.864. The second-order valence-corrected chi connectivity index (χ2v) is 4.93. The number of rotatable bonds is 5. The van der Waals surface area contributed by atoms with E-state index in [0.29, 0.717) is 32.0 Å². The number of carbonyl (C=O) groups excluding carboxylic acids is 1. The fourth-order valence-electron chi connectivity index (χ4n) is 2.15. The van der Waals surface area contributed by atoms with Crippen LogP contribution in [-0.4, -0.2) is 41.4 Å². The number of benzene rings is 1. The van der Waals surface area contributed by atoms with E-state index in [9.17, 15) is 4.79 Å². The Bertz CT molecular complexity index is 615. The Morgan fingerprint density at radius 3 is 3.00 bits per heavy atom. The molecular formula is C15H18N4O3. The zero-order valence-corrected chi connectivity index (χ0v) is 12.1. The Balaban J connectivity index is 1.37. The molecule has 2 N–H and O–H groups in total. The Labute approximate surface area is 128 Å². The van der Waals surface area contributed by atoms with Crippen LogP contribution in [0.15, 0.2) is 43.0 Å². The van der Waals surface area contributed by atoms with Gasteiger partial charge < -0.3 is 24.7 Å². The highest BCUT2D eigenvalue weighted by atomic mass is 16.6. The molecule has 7 heteroatoms. The highest BCUT2D eigenvalue weighted by Crippen LogP contribution is 2.30. The van der Waals surface area contributed by atoms with E-state index < -0.39 is 0 Å². The molecule has 0 bridgehead atoms. The third kappa shape index (κ3) is 3.69. The average molecular weight is 302 g/mol. The summed E-state index contributed by atoms with van der Waals surface area (Å²) < 4.78 is 13.3. The average Bonchev–Trinajstić information content (AvgIpc) is 3.06. The van der Waals surface area contributed by atoms with Crippen LogP contribution in [0, 0.1) is 0 Å². The molecule has 1 aromatic carbocycles. The maximum atomic E-state index is 11.7. The molecule has 0 saturated carbocycles. The van der Waals surface area contributed by atoms with Crippen molar-refractivity contribution in [2.24, 2.45) is 0 Å². The van der Waals surface area contributed by atoms with Crippen molar-refractivity contribution in [1.82, 2.24) is 20.2 Å². The molecule has 2 amide bonds. The number of nitrogens with zero attached hydrogens (tertiary/aromatic N) is 2. The Morgan fingerprint density at radius 1 is 1.32 bits per heavy atom. The molecule has 1 atom stereocenters. The lowest BCUT2D eigenvalue weighted by molar-refractivity contribution is 0.0918. The molecule has 0 radical (unpaired) electrons. The number of hydrogen-bond donors (Lipinski definition) is 2. The van der Waals surface area contributed by atoms with Crippen molar-refractivity contribution in [2.45, 2.75) is 12.6 Å². The number of para-hydroxylation sites is 2. The number of imidazole rings is 1. The highest BCUT2D eigenvalue weighted by Gasteiger charge is 2.20. The zero-order chi connectivity index (χ0) is 15.2. The molecular weight excluding hydrogens is 284 g/mol. The van der Waals surface area contributed by atoms with Crippen molar-refractivity contribution >= 4 is 6.03 Å². The van der Waals surface area contributed by atoms with Gasteiger partial charge in [-0.3, -0.25) is 0 Å². The first-order valence-corrected chi connectivity index (χ1v) is 7.17. The summed E-state index contributed by atoms with van der Waals surface area (Å²) in [6, 6.07) is 7.28. The van der Waals surface area contributed by atoms with E-state index in [2.05, 4.69) is 15.6 Å². The minimum Gasteiger partial charge on any atom is -0.486 e. The molecule has 0 aliphatic carbocycles. The van der Waals surface area contributed by atoms with Crippen molar-refractivity contribution < 1.29 is 14.3 Å². The van der Waals surface area contributed by atoms with E-state index in [4.69, 9.17) is 9.47 Å². The molecule has 1 aromatic heterocycles. The van der Waals surface area contributed by atoms with Gasteiger partial charge in [-0.15, -0.1) is 0 Å². The topological polar surface area (TPSA) is 77.4 Å². The fraction of sp³-hybridized carbons (Fsp3) is 0.333. The van der Waals surface area contributed by atoms with Gasteiger partial charge in [-0.25, -0.2) is 9.78 Å². The number of aromatic nitrogens is 2. The molecule has 0 fully saturated rings. The number of fused-ring (bicyclic) bond motifs is 1. The first-order valence-electron chi connectivity index (χ1n) is 7.17. The summed E-state index contributed by atoms with van der Waals surface area (Å²) in [6.07, 6.45) is 5.08. The maximum Gasteiger partial charge on any atom is 0.314 e. The monoisotopic (exact) mass is 302 g/mol. The largest absolute Gasteiger partial charge is 0.486 e. The van der Waals surface area contributed by atoms with Gasteiger partial charge in [-0.2, -0.15) is 0 Å². The van der Waals surface area contributed by atoms with Crippen molar-refractivity contribution in [1.29, 1.82) is 0 Å². The van der Waals surface area contributed by atoms with Crippen LogP contribution in [0.25, 0.3) is 0 Å². The number of amides is 2. The predicted molar refractivity (Wildman–Crippen MR) is 80.0 cm³/mol. The van der Waals surface area contributed by atoms with E-state index >= 15 is 0 Å². The number of nitrogens with one attached hydrogen (secondary N) is 2. The van der Waals surface area contributed by atoms with Gasteiger partial charge in [0.05, 0.1) is 12.9 Å². The lowest BCUT2D eigenvalue weighted by atomic mass is 10.2. The van der Waals surface area contributed by atoms with E-state index in [1.807, 2.05) is 35.0 Å². The third-order valence-electron chi connectivity index (χ3n) is 3.27. The summed E-state index contributed by atoms with van der Waals surface area (Å²) >= 11 is 0. The summed E-state index contributed by atoms with van der Waals surface area (Å²) in [4.78, 5) is 15.7. The summed E-state index contributed by atoms with van der Waals surface area (Å²) in [6.45, 7) is 2.04. The summed E-state index contributed by atoms with van der Waals surface area (Å²) in [5.41, 5.74) is 0. The van der Waals surface area contributed by atoms with Gasteiger partial charge in [0.1, 0.15) is 6.61 Å². The third-order valence-corrected chi connectivity index (χ3v) is 3.27. The number of urea groups is 1. The normalized spacial score (nSPS) is 16.1.